The summed E-state index contributed by atoms with van der Waals surface area (Å²) in [6.45, 7) is 3.30. The number of nitrogens with zero attached hydrogens (tertiary/aromatic N) is 1. The molecule has 1 aromatic carbocycles. The van der Waals surface area contributed by atoms with E-state index in [9.17, 15) is 9.90 Å². The van der Waals surface area contributed by atoms with E-state index in [0.717, 1.165) is 25.7 Å². The number of rotatable bonds is 5. The summed E-state index contributed by atoms with van der Waals surface area (Å²) < 4.78 is 16.1. The predicted octanol–water partition coefficient (Wildman–Crippen LogP) is 2.73. The van der Waals surface area contributed by atoms with Crippen LogP contribution in [0.25, 0.3) is 0 Å². The van der Waals surface area contributed by atoms with Gasteiger partial charge in [-0.15, -0.1) is 0 Å². The first-order chi connectivity index (χ1) is 12.5. The van der Waals surface area contributed by atoms with E-state index in [0.29, 0.717) is 41.8 Å². The quantitative estimate of drug-likeness (QED) is 0.871. The van der Waals surface area contributed by atoms with E-state index in [-0.39, 0.29) is 11.8 Å². The highest BCUT2D eigenvalue weighted by Gasteiger charge is 2.49. The van der Waals surface area contributed by atoms with Crippen LogP contribution in [0, 0.1) is 11.8 Å². The zero-order valence-corrected chi connectivity index (χ0v) is 16.1. The van der Waals surface area contributed by atoms with Crippen molar-refractivity contribution in [2.75, 3.05) is 34.4 Å². The van der Waals surface area contributed by atoms with Gasteiger partial charge in [0.1, 0.15) is 5.75 Å². The van der Waals surface area contributed by atoms with Gasteiger partial charge in [-0.2, -0.15) is 0 Å². The Labute approximate surface area is 155 Å². The van der Waals surface area contributed by atoms with Crippen LogP contribution in [0.3, 0.4) is 0 Å². The molecule has 0 radical (unpaired) electrons. The number of methoxy groups -OCH3 is 3. The molecule has 2 aliphatic rings. The molecule has 0 spiro atoms. The molecule has 6 nitrogen and oxygen atoms in total. The van der Waals surface area contributed by atoms with Crippen molar-refractivity contribution in [3.63, 3.8) is 0 Å². The Morgan fingerprint density at radius 2 is 1.81 bits per heavy atom. The SMILES string of the molecule is CC[C@]1(O)CCC[C@H]2CN(C(=O)c3cc(OC)c(OC)cc3OC)C[C@H]21. The maximum absolute atomic E-state index is 13.2. The summed E-state index contributed by atoms with van der Waals surface area (Å²) in [6.07, 6.45) is 3.65. The second-order valence-electron chi connectivity index (χ2n) is 7.33. The molecule has 3 atom stereocenters. The first-order valence-corrected chi connectivity index (χ1v) is 9.29. The molecule has 1 amide bonds. The molecule has 3 rings (SSSR count). The van der Waals surface area contributed by atoms with E-state index < -0.39 is 5.60 Å². The summed E-state index contributed by atoms with van der Waals surface area (Å²) >= 11 is 0. The number of likely N-dealkylation sites (tertiary alicyclic amines) is 1. The molecule has 0 bridgehead atoms. The van der Waals surface area contributed by atoms with Gasteiger partial charge in [0.15, 0.2) is 11.5 Å². The number of carbonyl (C=O) groups excluding carboxylic acids is 1. The average Bonchev–Trinajstić information content (AvgIpc) is 3.12. The summed E-state index contributed by atoms with van der Waals surface area (Å²) in [5.41, 5.74) is -0.191. The number of fused-ring (bicyclic) bond motifs is 1. The number of amides is 1. The Kier molecular flexibility index (Phi) is 5.32. The smallest absolute Gasteiger partial charge is 0.257 e. The van der Waals surface area contributed by atoms with Gasteiger partial charge in [0.05, 0.1) is 32.5 Å². The Bertz CT molecular complexity index is 676. The molecule has 1 aromatic rings. The lowest BCUT2D eigenvalue weighted by Gasteiger charge is -2.40. The largest absolute Gasteiger partial charge is 0.496 e. The molecule has 1 saturated carbocycles. The molecule has 1 N–H and O–H groups in total. The fourth-order valence-corrected chi connectivity index (χ4v) is 4.60. The van der Waals surface area contributed by atoms with E-state index in [4.69, 9.17) is 14.2 Å². The number of hydrogen-bond acceptors (Lipinski definition) is 5. The lowest BCUT2D eigenvalue weighted by molar-refractivity contribution is -0.0609. The van der Waals surface area contributed by atoms with Gasteiger partial charge < -0.3 is 24.2 Å². The number of aliphatic hydroxyl groups is 1. The third-order valence-corrected chi connectivity index (χ3v) is 6.15. The summed E-state index contributed by atoms with van der Waals surface area (Å²) in [5.74, 6) is 1.92. The summed E-state index contributed by atoms with van der Waals surface area (Å²) in [5, 5.41) is 11.0. The fourth-order valence-electron chi connectivity index (χ4n) is 4.60. The summed E-state index contributed by atoms with van der Waals surface area (Å²) in [4.78, 5) is 15.1. The number of carbonyl (C=O) groups is 1. The number of benzene rings is 1. The van der Waals surface area contributed by atoms with Crippen LogP contribution in [-0.4, -0.2) is 55.9 Å². The molecular weight excluding hydrogens is 334 g/mol. The van der Waals surface area contributed by atoms with E-state index in [1.54, 1.807) is 26.4 Å². The topological polar surface area (TPSA) is 68.2 Å². The third kappa shape index (κ3) is 3.11. The first kappa shape index (κ1) is 18.8. The Balaban J connectivity index is 1.88. The van der Waals surface area contributed by atoms with Crippen LogP contribution in [0.15, 0.2) is 12.1 Å². The van der Waals surface area contributed by atoms with Crippen molar-refractivity contribution in [1.82, 2.24) is 4.90 Å². The van der Waals surface area contributed by atoms with Crippen molar-refractivity contribution < 1.29 is 24.1 Å². The zero-order chi connectivity index (χ0) is 18.9. The maximum Gasteiger partial charge on any atom is 0.257 e. The zero-order valence-electron chi connectivity index (χ0n) is 16.1. The molecule has 1 aliphatic heterocycles. The number of hydrogen-bond donors (Lipinski definition) is 1. The molecule has 1 aliphatic carbocycles. The second-order valence-corrected chi connectivity index (χ2v) is 7.33. The van der Waals surface area contributed by atoms with Crippen LogP contribution in [-0.2, 0) is 0 Å². The molecule has 1 saturated heterocycles. The van der Waals surface area contributed by atoms with Crippen molar-refractivity contribution in [3.05, 3.63) is 17.7 Å². The highest BCUT2D eigenvalue weighted by Crippen LogP contribution is 2.45. The predicted molar refractivity (Wildman–Crippen MR) is 98.1 cm³/mol. The van der Waals surface area contributed by atoms with Gasteiger partial charge in [-0.25, -0.2) is 0 Å². The van der Waals surface area contributed by atoms with E-state index in [1.165, 1.54) is 7.11 Å². The number of ether oxygens (including phenoxy) is 3. The molecule has 26 heavy (non-hydrogen) atoms. The third-order valence-electron chi connectivity index (χ3n) is 6.15. The van der Waals surface area contributed by atoms with Crippen LogP contribution >= 0.6 is 0 Å². The lowest BCUT2D eigenvalue weighted by atomic mass is 9.69. The summed E-state index contributed by atoms with van der Waals surface area (Å²) in [6, 6.07) is 3.35. The average molecular weight is 363 g/mol. The van der Waals surface area contributed by atoms with Crippen molar-refractivity contribution in [3.8, 4) is 17.2 Å². The van der Waals surface area contributed by atoms with Crippen molar-refractivity contribution in [2.45, 2.75) is 38.2 Å². The van der Waals surface area contributed by atoms with Gasteiger partial charge in [0.25, 0.3) is 5.91 Å². The van der Waals surface area contributed by atoms with Crippen LogP contribution in [0.2, 0.25) is 0 Å². The minimum Gasteiger partial charge on any atom is -0.496 e. The van der Waals surface area contributed by atoms with Crippen LogP contribution in [0.5, 0.6) is 17.2 Å². The minimum atomic E-state index is -0.653. The van der Waals surface area contributed by atoms with Gasteiger partial charge in [0, 0.05) is 31.1 Å². The molecule has 2 fully saturated rings. The minimum absolute atomic E-state index is 0.0874. The molecule has 144 valence electrons. The Morgan fingerprint density at radius 1 is 1.15 bits per heavy atom. The van der Waals surface area contributed by atoms with Gasteiger partial charge in [-0.3, -0.25) is 4.79 Å². The molecule has 0 unspecified atom stereocenters. The Hall–Kier alpha value is -1.95. The van der Waals surface area contributed by atoms with Crippen LogP contribution < -0.4 is 14.2 Å². The highest BCUT2D eigenvalue weighted by atomic mass is 16.5. The fraction of sp³-hybridized carbons (Fsp3) is 0.650. The van der Waals surface area contributed by atoms with Gasteiger partial charge in [-0.1, -0.05) is 13.3 Å². The molecule has 1 heterocycles. The molecule has 0 aromatic heterocycles. The van der Waals surface area contributed by atoms with E-state index >= 15 is 0 Å². The first-order valence-electron chi connectivity index (χ1n) is 9.29. The summed E-state index contributed by atoms with van der Waals surface area (Å²) in [7, 11) is 4.64. The standard InChI is InChI=1S/C20H29NO5/c1-5-20(23)8-6-7-13-11-21(12-15(13)20)19(22)14-9-17(25-3)18(26-4)10-16(14)24-2/h9-10,13,15,23H,5-8,11-12H2,1-4H3/t13-,15+,20-/m0/s1. The second kappa shape index (κ2) is 7.35. The van der Waals surface area contributed by atoms with Crippen LogP contribution in [0.4, 0.5) is 0 Å². The van der Waals surface area contributed by atoms with E-state index in [1.807, 2.05) is 11.8 Å². The monoisotopic (exact) mass is 363 g/mol. The maximum atomic E-state index is 13.2. The van der Waals surface area contributed by atoms with Crippen molar-refractivity contribution in [1.29, 1.82) is 0 Å². The highest BCUT2D eigenvalue weighted by molar-refractivity contribution is 5.98. The normalized spacial score (nSPS) is 27.8. The van der Waals surface area contributed by atoms with Gasteiger partial charge in [0.2, 0.25) is 0 Å². The molecule has 6 heteroatoms. The van der Waals surface area contributed by atoms with Gasteiger partial charge >= 0.3 is 0 Å². The molecular formula is C20H29NO5. The lowest BCUT2D eigenvalue weighted by Crippen LogP contribution is -2.44. The Morgan fingerprint density at radius 3 is 2.42 bits per heavy atom. The van der Waals surface area contributed by atoms with Crippen molar-refractivity contribution >= 4 is 5.91 Å². The van der Waals surface area contributed by atoms with Crippen molar-refractivity contribution in [2.24, 2.45) is 11.8 Å². The van der Waals surface area contributed by atoms with Crippen LogP contribution in [0.1, 0.15) is 43.0 Å². The van der Waals surface area contributed by atoms with E-state index in [2.05, 4.69) is 0 Å². The van der Waals surface area contributed by atoms with Gasteiger partial charge in [-0.05, 0) is 25.2 Å².